The molecule has 1 aliphatic heterocycles. The third kappa shape index (κ3) is 3.29. The number of anilines is 1. The summed E-state index contributed by atoms with van der Waals surface area (Å²) in [5.41, 5.74) is 5.19. The van der Waals surface area contributed by atoms with E-state index in [4.69, 9.17) is 0 Å². The molecule has 4 rings (SSSR count). The summed E-state index contributed by atoms with van der Waals surface area (Å²) >= 11 is 0. The molecule has 1 fully saturated rings. The van der Waals surface area contributed by atoms with Crippen LogP contribution in [0.5, 0.6) is 5.88 Å². The van der Waals surface area contributed by atoms with Crippen molar-refractivity contribution in [3.05, 3.63) is 59.3 Å². The number of nitrogens with one attached hydrogen (secondary N) is 1. The van der Waals surface area contributed by atoms with Crippen LogP contribution >= 0.6 is 0 Å². The maximum absolute atomic E-state index is 10.1. The number of hydrogen-bond donors (Lipinski definition) is 2. The average molecular weight is 349 g/mol. The van der Waals surface area contributed by atoms with E-state index in [1.807, 2.05) is 18.2 Å². The summed E-state index contributed by atoms with van der Waals surface area (Å²) in [5.74, 6) is 0.287. The van der Waals surface area contributed by atoms with Crippen LogP contribution in [0.2, 0.25) is 0 Å². The Hall–Kier alpha value is -2.46. The smallest absolute Gasteiger partial charge is 0.196 e. The van der Waals surface area contributed by atoms with Crippen molar-refractivity contribution in [3.8, 4) is 5.88 Å². The van der Waals surface area contributed by atoms with Crippen molar-refractivity contribution in [2.24, 2.45) is 0 Å². The topological polar surface area (TPSA) is 42.5 Å². The van der Waals surface area contributed by atoms with Gasteiger partial charge < -0.3 is 15.0 Å². The molecule has 0 amide bonds. The van der Waals surface area contributed by atoms with Gasteiger partial charge in [0.2, 0.25) is 0 Å². The van der Waals surface area contributed by atoms with Crippen molar-refractivity contribution < 1.29 is 5.11 Å². The largest absolute Gasteiger partial charge is 0.494 e. The van der Waals surface area contributed by atoms with Crippen LogP contribution in [0.25, 0.3) is 10.8 Å². The minimum absolute atomic E-state index is 0.287. The van der Waals surface area contributed by atoms with Gasteiger partial charge in [-0.3, -0.25) is 4.90 Å². The lowest BCUT2D eigenvalue weighted by Gasteiger charge is -2.36. The molecule has 26 heavy (non-hydrogen) atoms. The Balaban J connectivity index is 1.36. The Morgan fingerprint density at radius 3 is 2.38 bits per heavy atom. The maximum atomic E-state index is 10.1. The summed E-state index contributed by atoms with van der Waals surface area (Å²) in [5, 5.41) is 12.1. The first kappa shape index (κ1) is 17.0. The number of H-pyrrole nitrogens is 1. The Morgan fingerprint density at radius 2 is 1.65 bits per heavy atom. The third-order valence-corrected chi connectivity index (χ3v) is 5.68. The van der Waals surface area contributed by atoms with E-state index in [0.29, 0.717) is 0 Å². The fraction of sp³-hybridized carbons (Fsp3) is 0.364. The number of piperazine rings is 1. The lowest BCUT2D eigenvalue weighted by atomic mass is 10.1. The number of hydrogen-bond acceptors (Lipinski definition) is 3. The van der Waals surface area contributed by atoms with Crippen molar-refractivity contribution in [3.63, 3.8) is 0 Å². The zero-order valence-electron chi connectivity index (χ0n) is 15.6. The number of fused-ring (bicyclic) bond motifs is 1. The van der Waals surface area contributed by atoms with E-state index in [9.17, 15) is 5.11 Å². The van der Waals surface area contributed by atoms with Gasteiger partial charge in [0.25, 0.3) is 0 Å². The van der Waals surface area contributed by atoms with E-state index in [-0.39, 0.29) is 5.88 Å². The summed E-state index contributed by atoms with van der Waals surface area (Å²) in [6.45, 7) is 9.67. The SMILES string of the molecule is Cc1ccc(N2CCN(CCc3[nH]c(O)c4ccccc34)CC2)cc1C. The standard InChI is InChI=1S/C22H27N3O/c1-16-7-8-18(15-17(16)2)25-13-11-24(12-14-25)10-9-21-19-5-3-4-6-20(19)22(26)23-21/h3-8,15,23,26H,9-14H2,1-2H3. The van der Waals surface area contributed by atoms with E-state index in [1.165, 1.54) is 16.8 Å². The molecule has 4 nitrogen and oxygen atoms in total. The second-order valence-corrected chi connectivity index (χ2v) is 7.34. The summed E-state index contributed by atoms with van der Waals surface area (Å²) in [6, 6.07) is 14.8. The zero-order valence-corrected chi connectivity index (χ0v) is 15.6. The van der Waals surface area contributed by atoms with Crippen molar-refractivity contribution in [1.29, 1.82) is 0 Å². The Morgan fingerprint density at radius 1 is 0.923 bits per heavy atom. The van der Waals surface area contributed by atoms with E-state index in [1.54, 1.807) is 0 Å². The number of nitrogens with zero attached hydrogens (tertiary/aromatic N) is 2. The molecule has 4 heteroatoms. The normalized spacial score (nSPS) is 15.7. The monoisotopic (exact) mass is 349 g/mol. The lowest BCUT2D eigenvalue weighted by Crippen LogP contribution is -2.47. The first-order valence-electron chi connectivity index (χ1n) is 9.45. The molecule has 0 unspecified atom stereocenters. The van der Waals surface area contributed by atoms with Crippen molar-refractivity contribution in [2.45, 2.75) is 20.3 Å². The van der Waals surface area contributed by atoms with Crippen LogP contribution in [0.15, 0.2) is 42.5 Å². The molecule has 0 radical (unpaired) electrons. The van der Waals surface area contributed by atoms with Gasteiger partial charge in [-0.2, -0.15) is 0 Å². The lowest BCUT2D eigenvalue weighted by molar-refractivity contribution is 0.260. The Bertz CT molecular complexity index is 907. The number of aromatic hydroxyl groups is 1. The molecule has 2 N–H and O–H groups in total. The molecule has 0 saturated carbocycles. The molecule has 2 aromatic carbocycles. The van der Waals surface area contributed by atoms with E-state index >= 15 is 0 Å². The van der Waals surface area contributed by atoms with Gasteiger partial charge in [0.1, 0.15) is 0 Å². The highest BCUT2D eigenvalue weighted by Crippen LogP contribution is 2.27. The van der Waals surface area contributed by atoms with Crippen molar-refractivity contribution >= 4 is 16.5 Å². The summed E-state index contributed by atoms with van der Waals surface area (Å²) in [6.07, 6.45) is 0.935. The molecular formula is C22H27N3O. The van der Waals surface area contributed by atoms with Gasteiger partial charge in [-0.1, -0.05) is 24.3 Å². The van der Waals surface area contributed by atoms with Gasteiger partial charge in [0.15, 0.2) is 5.88 Å². The van der Waals surface area contributed by atoms with E-state index in [2.05, 4.69) is 52.9 Å². The molecule has 0 bridgehead atoms. The van der Waals surface area contributed by atoms with Crippen LogP contribution < -0.4 is 4.90 Å². The minimum atomic E-state index is 0.287. The van der Waals surface area contributed by atoms with Crippen molar-refractivity contribution in [2.75, 3.05) is 37.6 Å². The molecular weight excluding hydrogens is 322 g/mol. The van der Waals surface area contributed by atoms with E-state index in [0.717, 1.165) is 55.6 Å². The van der Waals surface area contributed by atoms with Crippen LogP contribution in [-0.4, -0.2) is 47.7 Å². The van der Waals surface area contributed by atoms with Gasteiger partial charge in [0, 0.05) is 61.3 Å². The number of aryl methyl sites for hydroxylation is 2. The zero-order chi connectivity index (χ0) is 18.1. The van der Waals surface area contributed by atoms with Gasteiger partial charge >= 0.3 is 0 Å². The fourth-order valence-corrected chi connectivity index (χ4v) is 3.85. The highest BCUT2D eigenvalue weighted by atomic mass is 16.3. The number of aromatic nitrogens is 1. The van der Waals surface area contributed by atoms with Crippen LogP contribution in [0, 0.1) is 13.8 Å². The third-order valence-electron chi connectivity index (χ3n) is 5.68. The predicted octanol–water partition coefficient (Wildman–Crippen LogP) is 3.86. The summed E-state index contributed by atoms with van der Waals surface area (Å²) in [4.78, 5) is 8.16. The van der Waals surface area contributed by atoms with Gasteiger partial charge in [-0.05, 0) is 43.2 Å². The van der Waals surface area contributed by atoms with Gasteiger partial charge in [-0.15, -0.1) is 0 Å². The van der Waals surface area contributed by atoms with Crippen LogP contribution in [-0.2, 0) is 6.42 Å². The molecule has 3 aromatic rings. The maximum Gasteiger partial charge on any atom is 0.196 e. The predicted molar refractivity (Wildman–Crippen MR) is 108 cm³/mol. The van der Waals surface area contributed by atoms with Crippen LogP contribution in [0.1, 0.15) is 16.8 Å². The first-order valence-corrected chi connectivity index (χ1v) is 9.45. The minimum Gasteiger partial charge on any atom is -0.494 e. The molecule has 0 atom stereocenters. The second-order valence-electron chi connectivity index (χ2n) is 7.34. The molecule has 136 valence electrons. The Labute approximate surface area is 155 Å². The van der Waals surface area contributed by atoms with Crippen LogP contribution in [0.3, 0.4) is 0 Å². The number of benzene rings is 2. The molecule has 2 heterocycles. The first-order chi connectivity index (χ1) is 12.6. The van der Waals surface area contributed by atoms with E-state index < -0.39 is 0 Å². The summed E-state index contributed by atoms with van der Waals surface area (Å²) in [7, 11) is 0. The molecule has 0 aliphatic carbocycles. The highest BCUT2D eigenvalue weighted by Gasteiger charge is 2.18. The average Bonchev–Trinajstić information content (AvgIpc) is 2.99. The second kappa shape index (κ2) is 7.04. The Kier molecular flexibility index (Phi) is 4.60. The number of rotatable bonds is 4. The van der Waals surface area contributed by atoms with Crippen molar-refractivity contribution in [1.82, 2.24) is 9.88 Å². The summed E-state index contributed by atoms with van der Waals surface area (Å²) < 4.78 is 0. The van der Waals surface area contributed by atoms with Gasteiger partial charge in [0.05, 0.1) is 0 Å². The van der Waals surface area contributed by atoms with Crippen LogP contribution in [0.4, 0.5) is 5.69 Å². The number of aromatic amines is 1. The van der Waals surface area contributed by atoms with Gasteiger partial charge in [-0.25, -0.2) is 0 Å². The molecule has 0 spiro atoms. The highest BCUT2D eigenvalue weighted by molar-refractivity contribution is 5.90. The fourth-order valence-electron chi connectivity index (χ4n) is 3.85. The molecule has 1 saturated heterocycles. The molecule has 1 aliphatic rings. The molecule has 1 aromatic heterocycles. The quantitative estimate of drug-likeness (QED) is 0.752.